The van der Waals surface area contributed by atoms with Gasteiger partial charge in [-0.25, -0.2) is 4.68 Å². The van der Waals surface area contributed by atoms with Crippen molar-refractivity contribution >= 4 is 11.3 Å². The number of hydrogen-bond donors (Lipinski definition) is 0. The summed E-state index contributed by atoms with van der Waals surface area (Å²) in [5.41, 5.74) is 4.78. The number of hydrogen-bond acceptors (Lipinski definition) is 4. The smallest absolute Gasteiger partial charge is 0.122 e. The molecule has 5 rings (SSSR count). The van der Waals surface area contributed by atoms with Crippen molar-refractivity contribution in [3.05, 3.63) is 89.4 Å². The molecule has 1 atom stereocenters. The summed E-state index contributed by atoms with van der Waals surface area (Å²) >= 11 is 1.75. The minimum Gasteiger partial charge on any atom is -0.496 e. The van der Waals surface area contributed by atoms with E-state index in [0.29, 0.717) is 5.92 Å². The summed E-state index contributed by atoms with van der Waals surface area (Å²) in [5.74, 6) is 1.51. The Morgan fingerprint density at radius 3 is 2.67 bits per heavy atom. The van der Waals surface area contributed by atoms with Gasteiger partial charge in [0.05, 0.1) is 17.7 Å². The van der Waals surface area contributed by atoms with E-state index in [0.717, 1.165) is 43.2 Å². The summed E-state index contributed by atoms with van der Waals surface area (Å²) in [4.78, 5) is 3.76. The van der Waals surface area contributed by atoms with E-state index in [-0.39, 0.29) is 0 Å². The number of rotatable bonds is 6. The summed E-state index contributed by atoms with van der Waals surface area (Å²) in [6, 6.07) is 23.0. The Bertz CT molecular complexity index is 1100. The van der Waals surface area contributed by atoms with Crippen LogP contribution in [0.15, 0.2) is 78.3 Å². The van der Waals surface area contributed by atoms with Crippen molar-refractivity contribution in [1.82, 2.24) is 14.7 Å². The Morgan fingerprint density at radius 2 is 1.87 bits per heavy atom. The van der Waals surface area contributed by atoms with Gasteiger partial charge in [-0.2, -0.15) is 5.10 Å². The van der Waals surface area contributed by atoms with Crippen LogP contribution in [0.25, 0.3) is 16.3 Å². The van der Waals surface area contributed by atoms with Crippen molar-refractivity contribution in [2.75, 3.05) is 20.2 Å². The minimum absolute atomic E-state index is 0.510. The second kappa shape index (κ2) is 8.46. The minimum atomic E-state index is 0.510. The predicted molar refractivity (Wildman–Crippen MR) is 123 cm³/mol. The van der Waals surface area contributed by atoms with E-state index >= 15 is 0 Å². The normalized spacial score (nSPS) is 16.8. The lowest BCUT2D eigenvalue weighted by molar-refractivity contribution is 0.326. The highest BCUT2D eigenvalue weighted by atomic mass is 32.1. The monoisotopic (exact) mass is 415 g/mol. The molecule has 4 nitrogen and oxygen atoms in total. The van der Waals surface area contributed by atoms with E-state index in [4.69, 9.17) is 9.84 Å². The van der Waals surface area contributed by atoms with Gasteiger partial charge in [0, 0.05) is 30.8 Å². The number of para-hydroxylation sites is 2. The molecule has 2 aromatic heterocycles. The number of methoxy groups -OCH3 is 1. The summed E-state index contributed by atoms with van der Waals surface area (Å²) in [5, 5.41) is 7.07. The van der Waals surface area contributed by atoms with Gasteiger partial charge in [0.2, 0.25) is 0 Å². The van der Waals surface area contributed by atoms with Crippen molar-refractivity contribution in [2.24, 2.45) is 0 Å². The number of ether oxygens (including phenoxy) is 1. The molecule has 1 fully saturated rings. The third-order valence-corrected chi connectivity index (χ3v) is 6.69. The Hall–Kier alpha value is -2.89. The lowest BCUT2D eigenvalue weighted by atomic mass is 9.97. The molecule has 30 heavy (non-hydrogen) atoms. The third-order valence-electron chi connectivity index (χ3n) is 5.81. The molecule has 152 valence electrons. The Kier molecular flexibility index (Phi) is 5.39. The highest BCUT2D eigenvalue weighted by molar-refractivity contribution is 7.13. The SMILES string of the molecule is COc1ccccc1C1CCN(Cc2cn(-c3ccccc3)nc2-c2cccs2)C1. The second-order valence-corrected chi connectivity index (χ2v) is 8.67. The molecule has 3 heterocycles. The Morgan fingerprint density at radius 1 is 1.03 bits per heavy atom. The van der Waals surface area contributed by atoms with Crippen LogP contribution >= 0.6 is 11.3 Å². The van der Waals surface area contributed by atoms with Crippen LogP contribution in [0.4, 0.5) is 0 Å². The molecule has 2 aromatic carbocycles. The van der Waals surface area contributed by atoms with Crippen LogP contribution in [0.5, 0.6) is 5.75 Å². The molecular weight excluding hydrogens is 390 g/mol. The fourth-order valence-electron chi connectivity index (χ4n) is 4.33. The van der Waals surface area contributed by atoms with Crippen LogP contribution in [0.3, 0.4) is 0 Å². The molecule has 0 bridgehead atoms. The highest BCUT2D eigenvalue weighted by Gasteiger charge is 2.27. The molecule has 1 unspecified atom stereocenters. The molecule has 0 saturated carbocycles. The lowest BCUT2D eigenvalue weighted by Gasteiger charge is -2.17. The van der Waals surface area contributed by atoms with Crippen LogP contribution in [0.1, 0.15) is 23.5 Å². The fourth-order valence-corrected chi connectivity index (χ4v) is 5.08. The predicted octanol–water partition coefficient (Wildman–Crippen LogP) is 5.60. The maximum atomic E-state index is 5.60. The second-order valence-electron chi connectivity index (χ2n) is 7.72. The van der Waals surface area contributed by atoms with Crippen LogP contribution in [0, 0.1) is 0 Å². The molecule has 4 aromatic rings. The molecular formula is C25H25N3OS. The maximum absolute atomic E-state index is 5.60. The summed E-state index contributed by atoms with van der Waals surface area (Å²) < 4.78 is 7.61. The van der Waals surface area contributed by atoms with Gasteiger partial charge in [-0.3, -0.25) is 4.90 Å². The molecule has 1 aliphatic heterocycles. The van der Waals surface area contributed by atoms with Gasteiger partial charge in [0.1, 0.15) is 11.4 Å². The summed E-state index contributed by atoms with van der Waals surface area (Å²) in [6.45, 7) is 3.04. The number of likely N-dealkylation sites (tertiary alicyclic amines) is 1. The van der Waals surface area contributed by atoms with E-state index in [1.807, 2.05) is 16.8 Å². The molecule has 1 saturated heterocycles. The zero-order valence-electron chi connectivity index (χ0n) is 17.1. The first kappa shape index (κ1) is 19.1. The van der Waals surface area contributed by atoms with Gasteiger partial charge in [-0.05, 0) is 48.2 Å². The fraction of sp³-hybridized carbons (Fsp3) is 0.240. The van der Waals surface area contributed by atoms with Crippen molar-refractivity contribution in [3.8, 4) is 22.0 Å². The van der Waals surface area contributed by atoms with Gasteiger partial charge < -0.3 is 4.74 Å². The van der Waals surface area contributed by atoms with Crippen LogP contribution in [-0.4, -0.2) is 34.9 Å². The molecule has 0 aliphatic carbocycles. The van der Waals surface area contributed by atoms with Crippen LogP contribution in [0.2, 0.25) is 0 Å². The van der Waals surface area contributed by atoms with E-state index in [1.165, 1.54) is 16.0 Å². The molecule has 1 aliphatic rings. The zero-order valence-corrected chi connectivity index (χ0v) is 17.9. The first-order valence-corrected chi connectivity index (χ1v) is 11.2. The first-order chi connectivity index (χ1) is 14.8. The zero-order chi connectivity index (χ0) is 20.3. The van der Waals surface area contributed by atoms with Crippen molar-refractivity contribution in [1.29, 1.82) is 0 Å². The van der Waals surface area contributed by atoms with Crippen molar-refractivity contribution in [3.63, 3.8) is 0 Å². The van der Waals surface area contributed by atoms with Gasteiger partial charge in [-0.15, -0.1) is 11.3 Å². The summed E-state index contributed by atoms with van der Waals surface area (Å²) in [6.07, 6.45) is 3.35. The number of nitrogens with zero attached hydrogens (tertiary/aromatic N) is 3. The van der Waals surface area contributed by atoms with Crippen molar-refractivity contribution in [2.45, 2.75) is 18.9 Å². The average Bonchev–Trinajstić information content (AvgIpc) is 3.55. The summed E-state index contributed by atoms with van der Waals surface area (Å²) in [7, 11) is 1.76. The standard InChI is InChI=1S/C25H25N3OS/c1-29-23-11-6-5-10-22(23)19-13-14-27(16-19)17-20-18-28(21-8-3-2-4-9-21)26-25(20)24-12-7-15-30-24/h2-12,15,18-19H,13-14,16-17H2,1H3. The topological polar surface area (TPSA) is 30.3 Å². The average molecular weight is 416 g/mol. The van der Waals surface area contributed by atoms with Gasteiger partial charge >= 0.3 is 0 Å². The van der Waals surface area contributed by atoms with E-state index < -0.39 is 0 Å². The van der Waals surface area contributed by atoms with Crippen LogP contribution < -0.4 is 4.74 Å². The van der Waals surface area contributed by atoms with E-state index in [1.54, 1.807) is 18.4 Å². The van der Waals surface area contributed by atoms with Gasteiger partial charge in [0.25, 0.3) is 0 Å². The molecule has 0 spiro atoms. The van der Waals surface area contributed by atoms with E-state index in [2.05, 4.69) is 71.1 Å². The Balaban J connectivity index is 1.40. The third kappa shape index (κ3) is 3.78. The molecule has 0 radical (unpaired) electrons. The number of thiophene rings is 1. The number of aromatic nitrogens is 2. The van der Waals surface area contributed by atoms with Crippen LogP contribution in [-0.2, 0) is 6.54 Å². The van der Waals surface area contributed by atoms with Crippen molar-refractivity contribution < 1.29 is 4.74 Å². The highest BCUT2D eigenvalue weighted by Crippen LogP contribution is 2.35. The first-order valence-electron chi connectivity index (χ1n) is 10.3. The quantitative estimate of drug-likeness (QED) is 0.411. The largest absolute Gasteiger partial charge is 0.496 e. The van der Waals surface area contributed by atoms with E-state index in [9.17, 15) is 0 Å². The number of benzene rings is 2. The lowest BCUT2D eigenvalue weighted by Crippen LogP contribution is -2.20. The van der Waals surface area contributed by atoms with Gasteiger partial charge in [-0.1, -0.05) is 42.5 Å². The van der Waals surface area contributed by atoms with Gasteiger partial charge in [0.15, 0.2) is 0 Å². The Labute approximate surface area is 181 Å². The maximum Gasteiger partial charge on any atom is 0.122 e. The molecule has 0 N–H and O–H groups in total. The molecule has 0 amide bonds. The molecule has 5 heteroatoms.